The number of esters is 1. The Morgan fingerprint density at radius 3 is 2.48 bits per heavy atom. The van der Waals surface area contributed by atoms with E-state index in [2.05, 4.69) is 6.07 Å². The zero-order chi connectivity index (χ0) is 15.4. The van der Waals surface area contributed by atoms with Crippen LogP contribution in [0.15, 0.2) is 36.4 Å². The number of methoxy groups -OCH3 is 1. The molecule has 0 saturated heterocycles. The molecule has 0 atom stereocenters. The van der Waals surface area contributed by atoms with Gasteiger partial charge in [-0.05, 0) is 44.0 Å². The molecule has 3 nitrogen and oxygen atoms in total. The van der Waals surface area contributed by atoms with Gasteiger partial charge in [0.05, 0.1) is 12.7 Å². The van der Waals surface area contributed by atoms with Gasteiger partial charge in [0, 0.05) is 5.56 Å². The van der Waals surface area contributed by atoms with Gasteiger partial charge in [0.15, 0.2) is 0 Å². The average Bonchev–Trinajstić information content (AvgIpc) is 2.46. The van der Waals surface area contributed by atoms with Crippen LogP contribution in [-0.2, 0) is 11.3 Å². The Morgan fingerprint density at radius 2 is 1.81 bits per heavy atom. The van der Waals surface area contributed by atoms with Crippen molar-refractivity contribution in [1.82, 2.24) is 0 Å². The molecular formula is C18H20O3. The quantitative estimate of drug-likeness (QED) is 0.797. The molecule has 3 heteroatoms. The summed E-state index contributed by atoms with van der Waals surface area (Å²) in [4.78, 5) is 11.8. The molecule has 0 bridgehead atoms. The summed E-state index contributed by atoms with van der Waals surface area (Å²) in [7, 11) is 1.39. The Morgan fingerprint density at radius 1 is 1.05 bits per heavy atom. The molecular weight excluding hydrogens is 264 g/mol. The summed E-state index contributed by atoms with van der Waals surface area (Å²) in [6.07, 6.45) is 0. The number of carbonyl (C=O) groups excluding carboxylic acids is 1. The molecule has 21 heavy (non-hydrogen) atoms. The summed E-state index contributed by atoms with van der Waals surface area (Å²) in [6, 6.07) is 11.6. The van der Waals surface area contributed by atoms with Gasteiger partial charge in [0.25, 0.3) is 0 Å². The zero-order valence-corrected chi connectivity index (χ0v) is 12.9. The first kappa shape index (κ1) is 15.1. The van der Waals surface area contributed by atoms with Gasteiger partial charge in [-0.25, -0.2) is 4.79 Å². The average molecular weight is 284 g/mol. The van der Waals surface area contributed by atoms with Crippen LogP contribution in [0.3, 0.4) is 0 Å². The molecule has 0 N–H and O–H groups in total. The van der Waals surface area contributed by atoms with Crippen LogP contribution in [0.5, 0.6) is 5.75 Å². The minimum atomic E-state index is -0.335. The van der Waals surface area contributed by atoms with Gasteiger partial charge in [-0.1, -0.05) is 29.8 Å². The third-order valence-corrected chi connectivity index (χ3v) is 3.52. The van der Waals surface area contributed by atoms with Crippen molar-refractivity contribution >= 4 is 5.97 Å². The van der Waals surface area contributed by atoms with E-state index in [-0.39, 0.29) is 5.97 Å². The SMILES string of the molecule is COC(=O)c1cccc(C)c1COc1ccc(C)cc1C. The van der Waals surface area contributed by atoms with Crippen LogP contribution >= 0.6 is 0 Å². The van der Waals surface area contributed by atoms with E-state index >= 15 is 0 Å². The summed E-state index contributed by atoms with van der Waals surface area (Å²) in [5.41, 5.74) is 4.73. The first-order chi connectivity index (χ1) is 10.0. The molecule has 0 heterocycles. The largest absolute Gasteiger partial charge is 0.489 e. The number of rotatable bonds is 4. The van der Waals surface area contributed by atoms with Crippen LogP contribution in [0, 0.1) is 20.8 Å². The zero-order valence-electron chi connectivity index (χ0n) is 12.9. The molecule has 0 radical (unpaired) electrons. The second-order valence-electron chi connectivity index (χ2n) is 5.15. The molecule has 2 rings (SSSR count). The van der Waals surface area contributed by atoms with Crippen LogP contribution in [-0.4, -0.2) is 13.1 Å². The van der Waals surface area contributed by atoms with E-state index in [0.717, 1.165) is 22.4 Å². The second kappa shape index (κ2) is 6.44. The highest BCUT2D eigenvalue weighted by molar-refractivity contribution is 5.91. The van der Waals surface area contributed by atoms with E-state index in [1.54, 1.807) is 6.07 Å². The van der Waals surface area contributed by atoms with Crippen molar-refractivity contribution in [2.24, 2.45) is 0 Å². The maximum Gasteiger partial charge on any atom is 0.338 e. The van der Waals surface area contributed by atoms with E-state index in [4.69, 9.17) is 9.47 Å². The number of aryl methyl sites for hydroxylation is 3. The molecule has 2 aromatic carbocycles. The maximum absolute atomic E-state index is 11.8. The highest BCUT2D eigenvalue weighted by Gasteiger charge is 2.14. The molecule has 0 aliphatic rings. The van der Waals surface area contributed by atoms with Gasteiger partial charge in [0.2, 0.25) is 0 Å². The van der Waals surface area contributed by atoms with Crippen LogP contribution in [0.2, 0.25) is 0 Å². The third-order valence-electron chi connectivity index (χ3n) is 3.52. The lowest BCUT2D eigenvalue weighted by Crippen LogP contribution is -2.10. The summed E-state index contributed by atoms with van der Waals surface area (Å²) < 4.78 is 10.7. The summed E-state index contributed by atoms with van der Waals surface area (Å²) in [5.74, 6) is 0.498. The standard InChI is InChI=1S/C18H20O3/c1-12-8-9-17(14(3)10-12)21-11-16-13(2)6-5-7-15(16)18(19)20-4/h5-10H,11H2,1-4H3. The Bertz CT molecular complexity index is 660. The lowest BCUT2D eigenvalue weighted by molar-refractivity contribution is 0.0597. The fraction of sp³-hybridized carbons (Fsp3) is 0.278. The first-order valence-electron chi connectivity index (χ1n) is 6.89. The summed E-state index contributed by atoms with van der Waals surface area (Å²) >= 11 is 0. The minimum Gasteiger partial charge on any atom is -0.489 e. The van der Waals surface area contributed by atoms with Crippen LogP contribution in [0.4, 0.5) is 0 Å². The number of ether oxygens (including phenoxy) is 2. The predicted octanol–water partition coefficient (Wildman–Crippen LogP) is 3.98. The van der Waals surface area contributed by atoms with E-state index in [1.165, 1.54) is 12.7 Å². The van der Waals surface area contributed by atoms with Gasteiger partial charge < -0.3 is 9.47 Å². The number of carbonyl (C=O) groups is 1. The Labute approximate surface area is 125 Å². The van der Waals surface area contributed by atoms with Crippen molar-refractivity contribution in [2.75, 3.05) is 7.11 Å². The molecule has 0 aliphatic carbocycles. The normalized spacial score (nSPS) is 10.3. The topological polar surface area (TPSA) is 35.5 Å². The monoisotopic (exact) mass is 284 g/mol. The van der Waals surface area contributed by atoms with Gasteiger partial charge >= 0.3 is 5.97 Å². The molecule has 0 aliphatic heterocycles. The summed E-state index contributed by atoms with van der Waals surface area (Å²) in [6.45, 7) is 6.38. The third kappa shape index (κ3) is 3.43. The molecule has 0 unspecified atom stereocenters. The van der Waals surface area contributed by atoms with Gasteiger partial charge in [-0.15, -0.1) is 0 Å². The van der Waals surface area contributed by atoms with Crippen molar-refractivity contribution in [3.8, 4) is 5.75 Å². The fourth-order valence-electron chi connectivity index (χ4n) is 2.31. The van der Waals surface area contributed by atoms with E-state index in [1.807, 2.05) is 45.0 Å². The first-order valence-corrected chi connectivity index (χ1v) is 6.89. The lowest BCUT2D eigenvalue weighted by atomic mass is 10.0. The van der Waals surface area contributed by atoms with Crippen LogP contribution < -0.4 is 4.74 Å². The number of hydrogen-bond donors (Lipinski definition) is 0. The van der Waals surface area contributed by atoms with Crippen molar-refractivity contribution in [1.29, 1.82) is 0 Å². The molecule has 0 aromatic heterocycles. The van der Waals surface area contributed by atoms with Crippen LogP contribution in [0.1, 0.15) is 32.6 Å². The van der Waals surface area contributed by atoms with E-state index < -0.39 is 0 Å². The highest BCUT2D eigenvalue weighted by Crippen LogP contribution is 2.22. The van der Waals surface area contributed by atoms with Gasteiger partial charge in [-0.2, -0.15) is 0 Å². The van der Waals surface area contributed by atoms with Gasteiger partial charge in [0.1, 0.15) is 12.4 Å². The van der Waals surface area contributed by atoms with Crippen molar-refractivity contribution in [3.05, 3.63) is 64.2 Å². The molecule has 0 saturated carbocycles. The minimum absolute atomic E-state index is 0.335. The lowest BCUT2D eigenvalue weighted by Gasteiger charge is -2.14. The number of benzene rings is 2. The fourth-order valence-corrected chi connectivity index (χ4v) is 2.31. The van der Waals surface area contributed by atoms with Crippen molar-refractivity contribution < 1.29 is 14.3 Å². The molecule has 110 valence electrons. The smallest absolute Gasteiger partial charge is 0.338 e. The maximum atomic E-state index is 11.8. The summed E-state index contributed by atoms with van der Waals surface area (Å²) in [5, 5.41) is 0. The van der Waals surface area contributed by atoms with Crippen molar-refractivity contribution in [3.63, 3.8) is 0 Å². The number of hydrogen-bond acceptors (Lipinski definition) is 3. The molecule has 0 fully saturated rings. The molecule has 0 amide bonds. The molecule has 0 spiro atoms. The highest BCUT2D eigenvalue weighted by atomic mass is 16.5. The second-order valence-corrected chi connectivity index (χ2v) is 5.15. The van der Waals surface area contributed by atoms with Crippen molar-refractivity contribution in [2.45, 2.75) is 27.4 Å². The predicted molar refractivity (Wildman–Crippen MR) is 82.8 cm³/mol. The van der Waals surface area contributed by atoms with Gasteiger partial charge in [-0.3, -0.25) is 0 Å². The Balaban J connectivity index is 2.25. The van der Waals surface area contributed by atoms with E-state index in [9.17, 15) is 4.79 Å². The Hall–Kier alpha value is -2.29. The van der Waals surface area contributed by atoms with Crippen LogP contribution in [0.25, 0.3) is 0 Å². The molecule has 2 aromatic rings. The Kier molecular flexibility index (Phi) is 4.63. The van der Waals surface area contributed by atoms with E-state index in [0.29, 0.717) is 12.2 Å².